The molecule has 2 aromatic carbocycles. The first-order valence-electron chi connectivity index (χ1n) is 9.54. The second kappa shape index (κ2) is 8.29. The molecular weight excluding hydrogens is 406 g/mol. The van der Waals surface area contributed by atoms with Gasteiger partial charge in [0.25, 0.3) is 0 Å². The molecule has 0 fully saturated rings. The minimum atomic E-state index is -3.81. The van der Waals surface area contributed by atoms with Crippen LogP contribution in [-0.4, -0.2) is 29.3 Å². The zero-order chi connectivity index (χ0) is 21.1. The molecule has 1 atom stereocenters. The van der Waals surface area contributed by atoms with Crippen molar-refractivity contribution in [2.45, 2.75) is 36.7 Å². The highest BCUT2D eigenvalue weighted by Gasteiger charge is 2.29. The third kappa shape index (κ3) is 4.37. The first kappa shape index (κ1) is 20.1. The molecule has 1 aliphatic carbocycles. The maximum atomic E-state index is 13.0. The van der Waals surface area contributed by atoms with Crippen molar-refractivity contribution < 1.29 is 23.1 Å². The van der Waals surface area contributed by atoms with Crippen molar-refractivity contribution in [2.75, 3.05) is 0 Å². The summed E-state index contributed by atoms with van der Waals surface area (Å²) >= 11 is 0. The number of carbonyl (C=O) groups is 1. The number of fused-ring (bicyclic) bond motifs is 1. The predicted molar refractivity (Wildman–Crippen MR) is 109 cm³/mol. The fourth-order valence-electron chi connectivity index (χ4n) is 3.59. The molecule has 30 heavy (non-hydrogen) atoms. The van der Waals surface area contributed by atoms with Gasteiger partial charge in [-0.25, -0.2) is 13.1 Å². The fraction of sp³-hybridized carbons (Fsp3) is 0.238. The van der Waals surface area contributed by atoms with Crippen LogP contribution < -0.4 is 9.46 Å². The van der Waals surface area contributed by atoms with Crippen molar-refractivity contribution in [2.24, 2.45) is 0 Å². The summed E-state index contributed by atoms with van der Waals surface area (Å²) in [5.74, 6) is 0.0456. The lowest BCUT2D eigenvalue weighted by Gasteiger charge is -2.24. The number of hydrogen-bond donors (Lipinski definition) is 2. The van der Waals surface area contributed by atoms with E-state index in [9.17, 15) is 13.2 Å². The van der Waals surface area contributed by atoms with E-state index in [4.69, 9.17) is 9.84 Å². The van der Waals surface area contributed by atoms with Crippen LogP contribution in [0, 0.1) is 0 Å². The van der Waals surface area contributed by atoms with Gasteiger partial charge in [0.2, 0.25) is 10.0 Å². The molecule has 2 N–H and O–H groups in total. The monoisotopic (exact) mass is 427 g/mol. The Kier molecular flexibility index (Phi) is 5.56. The molecule has 0 bridgehead atoms. The quantitative estimate of drug-likeness (QED) is 0.599. The lowest BCUT2D eigenvalue weighted by molar-refractivity contribution is -0.137. The summed E-state index contributed by atoms with van der Waals surface area (Å²) < 4.78 is 35.9. The molecule has 0 radical (unpaired) electrons. The van der Waals surface area contributed by atoms with Gasteiger partial charge < -0.3 is 9.84 Å². The van der Waals surface area contributed by atoms with E-state index in [0.29, 0.717) is 24.3 Å². The van der Waals surface area contributed by atoms with E-state index in [0.717, 1.165) is 17.7 Å². The van der Waals surface area contributed by atoms with Crippen LogP contribution in [0.4, 0.5) is 0 Å². The number of ether oxygens (including phenoxy) is 1. The number of rotatable bonds is 7. The summed E-state index contributed by atoms with van der Waals surface area (Å²) in [4.78, 5) is 11.1. The van der Waals surface area contributed by atoms with E-state index in [1.807, 2.05) is 18.2 Å². The summed E-state index contributed by atoms with van der Waals surface area (Å²) in [6, 6.07) is 15.0. The minimum Gasteiger partial charge on any atom is -0.480 e. The molecule has 1 unspecified atom stereocenters. The lowest BCUT2D eigenvalue weighted by Crippen LogP contribution is -2.31. The maximum Gasteiger partial charge on any atom is 0.325 e. The molecule has 1 heterocycles. The molecule has 0 saturated carbocycles. The number of aromatic nitrogens is 2. The highest BCUT2D eigenvalue weighted by atomic mass is 32.2. The van der Waals surface area contributed by atoms with Crippen LogP contribution in [0.1, 0.15) is 30.1 Å². The van der Waals surface area contributed by atoms with Gasteiger partial charge in [0, 0.05) is 17.3 Å². The second-order valence-corrected chi connectivity index (χ2v) is 8.77. The Morgan fingerprint density at radius 1 is 1.17 bits per heavy atom. The molecule has 1 aliphatic rings. The topological polar surface area (TPSA) is 111 Å². The van der Waals surface area contributed by atoms with E-state index in [1.54, 1.807) is 30.5 Å². The third-order valence-corrected chi connectivity index (χ3v) is 6.41. The molecule has 3 aromatic rings. The van der Waals surface area contributed by atoms with Crippen LogP contribution >= 0.6 is 0 Å². The average molecular weight is 427 g/mol. The van der Waals surface area contributed by atoms with Crippen LogP contribution in [0.3, 0.4) is 0 Å². The van der Waals surface area contributed by atoms with Gasteiger partial charge in [-0.3, -0.25) is 9.48 Å². The highest BCUT2D eigenvalue weighted by Crippen LogP contribution is 2.31. The Labute approximate surface area is 174 Å². The molecule has 0 spiro atoms. The van der Waals surface area contributed by atoms with Crippen LogP contribution in [0.25, 0.3) is 0 Å². The predicted octanol–water partition coefficient (Wildman–Crippen LogP) is 3.12. The Bertz CT molecular complexity index is 1160. The summed E-state index contributed by atoms with van der Waals surface area (Å²) in [5, 5.41) is 13.2. The molecule has 8 nitrogen and oxygen atoms in total. The van der Waals surface area contributed by atoms with Gasteiger partial charge in [-0.05, 0) is 43.5 Å². The lowest BCUT2D eigenvalue weighted by atomic mass is 9.94. The summed E-state index contributed by atoms with van der Waals surface area (Å²) in [6.45, 7) is -0.242. The number of para-hydroxylation sites is 1. The zero-order valence-corrected chi connectivity index (χ0v) is 16.9. The van der Waals surface area contributed by atoms with E-state index in [1.165, 1.54) is 16.8 Å². The van der Waals surface area contributed by atoms with Crippen molar-refractivity contribution in [3.05, 3.63) is 72.1 Å². The molecule has 0 saturated heterocycles. The van der Waals surface area contributed by atoms with Gasteiger partial charge in [0.15, 0.2) is 0 Å². The van der Waals surface area contributed by atoms with E-state index >= 15 is 0 Å². The van der Waals surface area contributed by atoms with Gasteiger partial charge in [-0.1, -0.05) is 24.3 Å². The fourth-order valence-corrected chi connectivity index (χ4v) is 4.87. The number of benzene rings is 2. The largest absolute Gasteiger partial charge is 0.480 e. The number of carboxylic acid groups (broad SMARTS) is 1. The summed E-state index contributed by atoms with van der Waals surface area (Å²) in [6.07, 6.45) is 3.58. The normalized spacial score (nSPS) is 16.1. The standard InChI is InChI=1S/C21H21N3O5S/c25-21(26)14-24-20-11-5-10-19(18(20)13-22-24)23-30(27,28)17-9-4-8-16(12-17)29-15-6-2-1-3-7-15/h1-4,6-9,12-13,19,23H,5,10-11,14H2,(H,25,26). The number of nitrogens with zero attached hydrogens (tertiary/aromatic N) is 2. The second-order valence-electron chi connectivity index (χ2n) is 7.05. The Balaban J connectivity index is 1.55. The molecule has 0 aliphatic heterocycles. The van der Waals surface area contributed by atoms with Crippen LogP contribution in [0.5, 0.6) is 11.5 Å². The SMILES string of the molecule is O=C(O)Cn1ncc2c1CCCC2NS(=O)(=O)c1cccc(Oc2ccccc2)c1. The van der Waals surface area contributed by atoms with Crippen LogP contribution in [0.15, 0.2) is 65.7 Å². The van der Waals surface area contributed by atoms with E-state index in [-0.39, 0.29) is 11.4 Å². The number of carboxylic acids is 1. The number of nitrogens with one attached hydrogen (secondary N) is 1. The molecular formula is C21H21N3O5S. The van der Waals surface area contributed by atoms with Gasteiger partial charge in [-0.15, -0.1) is 0 Å². The van der Waals surface area contributed by atoms with Gasteiger partial charge in [0.1, 0.15) is 18.0 Å². The molecule has 1 aromatic heterocycles. The highest BCUT2D eigenvalue weighted by molar-refractivity contribution is 7.89. The van der Waals surface area contributed by atoms with Gasteiger partial charge in [-0.2, -0.15) is 5.10 Å². The first-order chi connectivity index (χ1) is 14.4. The molecule has 0 amide bonds. The number of aliphatic carboxylic acids is 1. The number of sulfonamides is 1. The molecule has 9 heteroatoms. The van der Waals surface area contributed by atoms with Crippen molar-refractivity contribution in [3.63, 3.8) is 0 Å². The summed E-state index contributed by atoms with van der Waals surface area (Å²) in [7, 11) is -3.81. The smallest absolute Gasteiger partial charge is 0.325 e. The Morgan fingerprint density at radius 2 is 1.93 bits per heavy atom. The van der Waals surface area contributed by atoms with Crippen molar-refractivity contribution in [1.29, 1.82) is 0 Å². The Morgan fingerprint density at radius 3 is 2.70 bits per heavy atom. The van der Waals surface area contributed by atoms with E-state index in [2.05, 4.69) is 9.82 Å². The van der Waals surface area contributed by atoms with Gasteiger partial charge >= 0.3 is 5.97 Å². The zero-order valence-electron chi connectivity index (χ0n) is 16.1. The number of hydrogen-bond acceptors (Lipinski definition) is 5. The third-order valence-electron chi connectivity index (χ3n) is 4.94. The summed E-state index contributed by atoms with van der Waals surface area (Å²) in [5.41, 5.74) is 1.49. The van der Waals surface area contributed by atoms with E-state index < -0.39 is 22.0 Å². The maximum absolute atomic E-state index is 13.0. The van der Waals surface area contributed by atoms with Crippen LogP contribution in [0.2, 0.25) is 0 Å². The van der Waals surface area contributed by atoms with Crippen LogP contribution in [-0.2, 0) is 27.8 Å². The first-order valence-corrected chi connectivity index (χ1v) is 11.0. The molecule has 156 valence electrons. The van der Waals surface area contributed by atoms with Crippen molar-refractivity contribution >= 4 is 16.0 Å². The molecule has 4 rings (SSSR count). The Hall–Kier alpha value is -3.17. The minimum absolute atomic E-state index is 0.0981. The van der Waals surface area contributed by atoms with Crippen molar-refractivity contribution in [1.82, 2.24) is 14.5 Å². The van der Waals surface area contributed by atoms with Crippen molar-refractivity contribution in [3.8, 4) is 11.5 Å². The van der Waals surface area contributed by atoms with Gasteiger partial charge in [0.05, 0.1) is 17.1 Å². The average Bonchev–Trinajstić information content (AvgIpc) is 3.12.